The van der Waals surface area contributed by atoms with Gasteiger partial charge in [0.05, 0.1) is 4.88 Å². The van der Waals surface area contributed by atoms with Gasteiger partial charge in [-0.3, -0.25) is 4.79 Å². The molecule has 78 valence electrons. The van der Waals surface area contributed by atoms with Crippen molar-refractivity contribution in [3.63, 3.8) is 0 Å². The van der Waals surface area contributed by atoms with Gasteiger partial charge < -0.3 is 4.90 Å². The van der Waals surface area contributed by atoms with E-state index in [1.165, 1.54) is 17.0 Å². The summed E-state index contributed by atoms with van der Waals surface area (Å²) in [6.45, 7) is 7.52. The SMILES string of the molecule is CCC(C)N(CC)c1csc(C=O)c1. The second-order valence-corrected chi connectivity index (χ2v) is 4.31. The van der Waals surface area contributed by atoms with Crippen molar-refractivity contribution in [2.75, 3.05) is 11.4 Å². The zero-order valence-electron chi connectivity index (χ0n) is 8.99. The predicted molar refractivity (Wildman–Crippen MR) is 62.5 cm³/mol. The highest BCUT2D eigenvalue weighted by molar-refractivity contribution is 7.12. The van der Waals surface area contributed by atoms with E-state index in [0.717, 1.165) is 24.1 Å². The summed E-state index contributed by atoms with van der Waals surface area (Å²) in [5, 5.41) is 2.05. The molecule has 1 unspecified atom stereocenters. The van der Waals surface area contributed by atoms with E-state index >= 15 is 0 Å². The van der Waals surface area contributed by atoms with Gasteiger partial charge in [0, 0.05) is 23.7 Å². The molecule has 1 aromatic heterocycles. The van der Waals surface area contributed by atoms with Crippen LogP contribution in [0.15, 0.2) is 11.4 Å². The Kier molecular flexibility index (Phi) is 4.14. The average molecular weight is 211 g/mol. The number of nitrogens with zero attached hydrogens (tertiary/aromatic N) is 1. The van der Waals surface area contributed by atoms with E-state index < -0.39 is 0 Å². The molecule has 0 N–H and O–H groups in total. The van der Waals surface area contributed by atoms with Crippen LogP contribution < -0.4 is 4.90 Å². The van der Waals surface area contributed by atoms with Gasteiger partial charge in [0.1, 0.15) is 0 Å². The van der Waals surface area contributed by atoms with E-state index in [1.807, 2.05) is 6.07 Å². The zero-order valence-corrected chi connectivity index (χ0v) is 9.80. The molecule has 1 aromatic rings. The Hall–Kier alpha value is -0.830. The topological polar surface area (TPSA) is 20.3 Å². The Labute approximate surface area is 89.5 Å². The van der Waals surface area contributed by atoms with Gasteiger partial charge in [-0.15, -0.1) is 11.3 Å². The lowest BCUT2D eigenvalue weighted by Gasteiger charge is -2.28. The molecule has 1 heterocycles. The van der Waals surface area contributed by atoms with Gasteiger partial charge >= 0.3 is 0 Å². The number of hydrogen-bond acceptors (Lipinski definition) is 3. The fourth-order valence-electron chi connectivity index (χ4n) is 1.52. The van der Waals surface area contributed by atoms with Crippen LogP contribution in [-0.2, 0) is 0 Å². The van der Waals surface area contributed by atoms with Crippen LogP contribution >= 0.6 is 11.3 Å². The summed E-state index contributed by atoms with van der Waals surface area (Å²) < 4.78 is 0. The average Bonchev–Trinajstić information content (AvgIpc) is 2.67. The molecule has 1 atom stereocenters. The minimum atomic E-state index is 0.536. The third-order valence-electron chi connectivity index (χ3n) is 2.52. The lowest BCUT2D eigenvalue weighted by Crippen LogP contribution is -2.31. The highest BCUT2D eigenvalue weighted by Gasteiger charge is 2.12. The minimum Gasteiger partial charge on any atom is -0.368 e. The molecule has 0 amide bonds. The maximum atomic E-state index is 10.6. The third kappa shape index (κ3) is 2.35. The lowest BCUT2D eigenvalue weighted by atomic mass is 10.2. The Balaban J connectivity index is 2.83. The smallest absolute Gasteiger partial charge is 0.160 e. The van der Waals surface area contributed by atoms with Gasteiger partial charge in [-0.1, -0.05) is 6.92 Å². The van der Waals surface area contributed by atoms with Crippen molar-refractivity contribution in [1.29, 1.82) is 0 Å². The first-order valence-corrected chi connectivity index (χ1v) is 5.91. The standard InChI is InChI=1S/C11H17NOS/c1-4-9(3)12(5-2)10-6-11(7-13)14-8-10/h6-9H,4-5H2,1-3H3. The van der Waals surface area contributed by atoms with Crippen LogP contribution in [0, 0.1) is 0 Å². The van der Waals surface area contributed by atoms with Crippen LogP contribution in [0.1, 0.15) is 36.9 Å². The number of carbonyl (C=O) groups excluding carboxylic acids is 1. The minimum absolute atomic E-state index is 0.536. The number of hydrogen-bond donors (Lipinski definition) is 0. The highest BCUT2D eigenvalue weighted by Crippen LogP contribution is 2.24. The zero-order chi connectivity index (χ0) is 10.6. The molecule has 0 aliphatic heterocycles. The van der Waals surface area contributed by atoms with Gasteiger partial charge in [0.25, 0.3) is 0 Å². The molecule has 0 aliphatic carbocycles. The molecule has 3 heteroatoms. The summed E-state index contributed by atoms with van der Waals surface area (Å²) in [7, 11) is 0. The number of anilines is 1. The molecule has 0 saturated carbocycles. The van der Waals surface area contributed by atoms with Crippen molar-refractivity contribution in [3.8, 4) is 0 Å². The molecule has 0 bridgehead atoms. The first-order valence-electron chi connectivity index (χ1n) is 5.03. The van der Waals surface area contributed by atoms with E-state index in [1.54, 1.807) is 0 Å². The van der Waals surface area contributed by atoms with Gasteiger partial charge in [-0.05, 0) is 26.3 Å². The number of rotatable bonds is 5. The maximum absolute atomic E-state index is 10.6. The first-order chi connectivity index (χ1) is 6.72. The van der Waals surface area contributed by atoms with Crippen LogP contribution in [0.25, 0.3) is 0 Å². The molecule has 0 fully saturated rings. The van der Waals surface area contributed by atoms with Crippen LogP contribution in [0.2, 0.25) is 0 Å². The second kappa shape index (κ2) is 5.15. The molecule has 0 radical (unpaired) electrons. The summed E-state index contributed by atoms with van der Waals surface area (Å²) in [5.74, 6) is 0. The Morgan fingerprint density at radius 3 is 2.71 bits per heavy atom. The summed E-state index contributed by atoms with van der Waals surface area (Å²) >= 11 is 1.51. The van der Waals surface area contributed by atoms with Crippen molar-refractivity contribution in [2.45, 2.75) is 33.2 Å². The Morgan fingerprint density at radius 1 is 1.57 bits per heavy atom. The third-order valence-corrected chi connectivity index (χ3v) is 3.36. The van der Waals surface area contributed by atoms with Crippen LogP contribution in [-0.4, -0.2) is 18.9 Å². The highest BCUT2D eigenvalue weighted by atomic mass is 32.1. The molecular formula is C11H17NOS. The fraction of sp³-hybridized carbons (Fsp3) is 0.545. The Bertz CT molecular complexity index is 295. The molecule has 2 nitrogen and oxygen atoms in total. The quantitative estimate of drug-likeness (QED) is 0.697. The molecule has 0 saturated heterocycles. The van der Waals surface area contributed by atoms with E-state index in [4.69, 9.17) is 0 Å². The number of thiophene rings is 1. The molecule has 0 spiro atoms. The number of aldehydes is 1. The van der Waals surface area contributed by atoms with Crippen molar-refractivity contribution in [3.05, 3.63) is 16.3 Å². The molecule has 1 rings (SSSR count). The predicted octanol–water partition coefficient (Wildman–Crippen LogP) is 3.19. The van der Waals surface area contributed by atoms with Crippen LogP contribution in [0.3, 0.4) is 0 Å². The van der Waals surface area contributed by atoms with E-state index in [9.17, 15) is 4.79 Å². The van der Waals surface area contributed by atoms with E-state index in [2.05, 4.69) is 31.1 Å². The first kappa shape index (κ1) is 11.2. The summed E-state index contributed by atoms with van der Waals surface area (Å²) in [5.41, 5.74) is 1.17. The molecule has 0 aromatic carbocycles. The van der Waals surface area contributed by atoms with Crippen LogP contribution in [0.5, 0.6) is 0 Å². The lowest BCUT2D eigenvalue weighted by molar-refractivity contribution is 0.112. The van der Waals surface area contributed by atoms with E-state index in [-0.39, 0.29) is 0 Å². The molecular weight excluding hydrogens is 194 g/mol. The van der Waals surface area contributed by atoms with Gasteiger partial charge in [0.2, 0.25) is 0 Å². The summed E-state index contributed by atoms with van der Waals surface area (Å²) in [6.07, 6.45) is 2.04. The monoisotopic (exact) mass is 211 g/mol. The largest absolute Gasteiger partial charge is 0.368 e. The Morgan fingerprint density at radius 2 is 2.29 bits per heavy atom. The van der Waals surface area contributed by atoms with Gasteiger partial charge in [-0.25, -0.2) is 0 Å². The van der Waals surface area contributed by atoms with Crippen molar-refractivity contribution < 1.29 is 4.79 Å². The molecule has 0 aliphatic rings. The van der Waals surface area contributed by atoms with E-state index in [0.29, 0.717) is 6.04 Å². The maximum Gasteiger partial charge on any atom is 0.160 e. The molecule has 14 heavy (non-hydrogen) atoms. The van der Waals surface area contributed by atoms with Crippen molar-refractivity contribution in [2.24, 2.45) is 0 Å². The number of carbonyl (C=O) groups is 1. The normalized spacial score (nSPS) is 12.5. The summed E-state index contributed by atoms with van der Waals surface area (Å²) in [4.78, 5) is 13.7. The van der Waals surface area contributed by atoms with Crippen molar-refractivity contribution >= 4 is 23.3 Å². The van der Waals surface area contributed by atoms with Crippen molar-refractivity contribution in [1.82, 2.24) is 0 Å². The van der Waals surface area contributed by atoms with Crippen LogP contribution in [0.4, 0.5) is 5.69 Å². The van der Waals surface area contributed by atoms with Gasteiger partial charge in [0.15, 0.2) is 6.29 Å². The second-order valence-electron chi connectivity index (χ2n) is 3.37. The summed E-state index contributed by atoms with van der Waals surface area (Å²) in [6, 6.07) is 2.50. The fourth-order valence-corrected chi connectivity index (χ4v) is 2.23. The van der Waals surface area contributed by atoms with Gasteiger partial charge in [-0.2, -0.15) is 0 Å².